The Labute approximate surface area is 117 Å². The van der Waals surface area contributed by atoms with Crippen molar-refractivity contribution in [2.24, 2.45) is 5.92 Å². The van der Waals surface area contributed by atoms with Crippen LogP contribution >= 0.6 is 0 Å². The number of hydrogen-bond acceptors (Lipinski definition) is 4. The molecule has 2 atom stereocenters. The van der Waals surface area contributed by atoms with Gasteiger partial charge >= 0.3 is 0 Å². The van der Waals surface area contributed by atoms with Crippen molar-refractivity contribution in [1.29, 1.82) is 0 Å². The van der Waals surface area contributed by atoms with Gasteiger partial charge in [-0.25, -0.2) is 8.42 Å². The standard InChI is InChI=1S/C13H28N2O3S/c1-4-7-14-8-5-10-19(16,17)15-9-6-12(2)13(11-15)18-3/h12-14H,4-11H2,1-3H3. The predicted molar refractivity (Wildman–Crippen MR) is 77.7 cm³/mol. The molecule has 19 heavy (non-hydrogen) atoms. The van der Waals surface area contributed by atoms with E-state index < -0.39 is 10.0 Å². The van der Waals surface area contributed by atoms with Crippen molar-refractivity contribution in [2.45, 2.75) is 39.2 Å². The van der Waals surface area contributed by atoms with E-state index in [1.165, 1.54) is 0 Å². The van der Waals surface area contributed by atoms with Crippen LogP contribution in [0.5, 0.6) is 0 Å². The summed E-state index contributed by atoms with van der Waals surface area (Å²) in [5, 5.41) is 3.23. The maximum atomic E-state index is 12.2. The first-order chi connectivity index (χ1) is 9.01. The molecular formula is C13H28N2O3S. The van der Waals surface area contributed by atoms with Crippen molar-refractivity contribution >= 4 is 10.0 Å². The lowest BCUT2D eigenvalue weighted by atomic mass is 9.97. The summed E-state index contributed by atoms with van der Waals surface area (Å²) in [6, 6.07) is 0. The number of hydrogen-bond donors (Lipinski definition) is 1. The van der Waals surface area contributed by atoms with Crippen LogP contribution < -0.4 is 5.32 Å². The molecule has 1 fully saturated rings. The molecule has 0 amide bonds. The SMILES string of the molecule is CCCNCCCS(=O)(=O)N1CCC(C)C(OC)C1. The smallest absolute Gasteiger partial charge is 0.214 e. The quantitative estimate of drug-likeness (QED) is 0.680. The summed E-state index contributed by atoms with van der Waals surface area (Å²) in [4.78, 5) is 0. The Morgan fingerprint density at radius 1 is 1.37 bits per heavy atom. The summed E-state index contributed by atoms with van der Waals surface area (Å²) >= 11 is 0. The molecule has 0 aromatic heterocycles. The normalized spacial score (nSPS) is 25.6. The predicted octanol–water partition coefficient (Wildman–Crippen LogP) is 1.06. The van der Waals surface area contributed by atoms with Crippen LogP contribution in [0, 0.1) is 5.92 Å². The van der Waals surface area contributed by atoms with Gasteiger partial charge in [-0.1, -0.05) is 13.8 Å². The van der Waals surface area contributed by atoms with E-state index in [0.29, 0.717) is 25.4 Å². The zero-order valence-corrected chi connectivity index (χ0v) is 13.2. The summed E-state index contributed by atoms with van der Waals surface area (Å²) in [7, 11) is -1.46. The minimum Gasteiger partial charge on any atom is -0.380 e. The second-order valence-electron chi connectivity index (χ2n) is 5.32. The third kappa shape index (κ3) is 5.38. The van der Waals surface area contributed by atoms with E-state index in [0.717, 1.165) is 25.9 Å². The van der Waals surface area contributed by atoms with Crippen molar-refractivity contribution in [3.63, 3.8) is 0 Å². The number of sulfonamides is 1. The van der Waals surface area contributed by atoms with Crippen LogP contribution in [0.15, 0.2) is 0 Å². The molecule has 0 bridgehead atoms. The van der Waals surface area contributed by atoms with Crippen LogP contribution in [0.1, 0.15) is 33.1 Å². The Morgan fingerprint density at radius 3 is 2.74 bits per heavy atom. The van der Waals surface area contributed by atoms with Gasteiger partial charge in [0.1, 0.15) is 0 Å². The zero-order valence-electron chi connectivity index (χ0n) is 12.4. The second kappa shape index (κ2) is 8.19. The van der Waals surface area contributed by atoms with Gasteiger partial charge in [0, 0.05) is 20.2 Å². The third-order valence-corrected chi connectivity index (χ3v) is 5.65. The first-order valence-electron chi connectivity index (χ1n) is 7.22. The zero-order chi connectivity index (χ0) is 14.3. The Balaban J connectivity index is 2.40. The lowest BCUT2D eigenvalue weighted by Gasteiger charge is -2.35. The molecular weight excluding hydrogens is 264 g/mol. The van der Waals surface area contributed by atoms with E-state index in [-0.39, 0.29) is 11.9 Å². The summed E-state index contributed by atoms with van der Waals surface area (Å²) in [5.74, 6) is 0.664. The molecule has 0 aliphatic carbocycles. The van der Waals surface area contributed by atoms with Gasteiger partial charge in [0.05, 0.1) is 11.9 Å². The number of methoxy groups -OCH3 is 1. The number of rotatable bonds is 8. The molecule has 0 aromatic carbocycles. The number of piperidine rings is 1. The molecule has 1 aliphatic heterocycles. The Bertz CT molecular complexity index is 346. The van der Waals surface area contributed by atoms with Gasteiger partial charge in [0.25, 0.3) is 0 Å². The van der Waals surface area contributed by atoms with Crippen LogP contribution in [0.4, 0.5) is 0 Å². The van der Waals surface area contributed by atoms with Crippen LogP contribution in [-0.4, -0.2) is 57.9 Å². The monoisotopic (exact) mass is 292 g/mol. The van der Waals surface area contributed by atoms with Crippen molar-refractivity contribution in [1.82, 2.24) is 9.62 Å². The summed E-state index contributed by atoms with van der Waals surface area (Å²) < 4.78 is 31.4. The summed E-state index contributed by atoms with van der Waals surface area (Å²) in [5.41, 5.74) is 0. The molecule has 0 radical (unpaired) electrons. The third-order valence-electron chi connectivity index (χ3n) is 3.73. The second-order valence-corrected chi connectivity index (χ2v) is 7.41. The van der Waals surface area contributed by atoms with Crippen LogP contribution in [0.25, 0.3) is 0 Å². The highest BCUT2D eigenvalue weighted by Gasteiger charge is 2.32. The van der Waals surface area contributed by atoms with Crippen LogP contribution in [-0.2, 0) is 14.8 Å². The van der Waals surface area contributed by atoms with E-state index >= 15 is 0 Å². The molecule has 1 saturated heterocycles. The van der Waals surface area contributed by atoms with E-state index in [2.05, 4.69) is 19.2 Å². The average Bonchev–Trinajstić information content (AvgIpc) is 2.38. The largest absolute Gasteiger partial charge is 0.380 e. The van der Waals surface area contributed by atoms with E-state index in [1.54, 1.807) is 11.4 Å². The van der Waals surface area contributed by atoms with E-state index in [1.807, 2.05) is 0 Å². The van der Waals surface area contributed by atoms with Gasteiger partial charge in [-0.05, 0) is 38.3 Å². The van der Waals surface area contributed by atoms with Gasteiger partial charge in [0.2, 0.25) is 10.0 Å². The molecule has 0 aromatic rings. The molecule has 1 heterocycles. The molecule has 114 valence electrons. The number of ether oxygens (including phenoxy) is 1. The lowest BCUT2D eigenvalue weighted by Crippen LogP contribution is -2.47. The highest BCUT2D eigenvalue weighted by Crippen LogP contribution is 2.21. The molecule has 1 N–H and O–H groups in total. The van der Waals surface area contributed by atoms with E-state index in [9.17, 15) is 8.42 Å². The van der Waals surface area contributed by atoms with E-state index in [4.69, 9.17) is 4.74 Å². The summed E-state index contributed by atoms with van der Waals surface area (Å²) in [6.07, 6.45) is 2.66. The molecule has 0 saturated carbocycles. The Morgan fingerprint density at radius 2 is 2.11 bits per heavy atom. The number of nitrogens with zero attached hydrogens (tertiary/aromatic N) is 1. The fraction of sp³-hybridized carbons (Fsp3) is 1.00. The van der Waals surface area contributed by atoms with Gasteiger partial charge in [-0.2, -0.15) is 4.31 Å². The lowest BCUT2D eigenvalue weighted by molar-refractivity contribution is 0.0184. The van der Waals surface area contributed by atoms with Crippen molar-refractivity contribution in [3.05, 3.63) is 0 Å². The van der Waals surface area contributed by atoms with Crippen molar-refractivity contribution in [3.8, 4) is 0 Å². The molecule has 1 aliphatic rings. The topological polar surface area (TPSA) is 58.6 Å². The maximum absolute atomic E-state index is 12.2. The molecule has 2 unspecified atom stereocenters. The fourth-order valence-corrected chi connectivity index (χ4v) is 3.90. The van der Waals surface area contributed by atoms with Crippen molar-refractivity contribution in [2.75, 3.05) is 39.0 Å². The summed E-state index contributed by atoms with van der Waals surface area (Å²) in [6.45, 7) is 7.07. The minimum atomic E-state index is -3.12. The fourth-order valence-electron chi connectivity index (χ4n) is 2.38. The first-order valence-corrected chi connectivity index (χ1v) is 8.83. The van der Waals surface area contributed by atoms with Gasteiger partial charge in [-0.3, -0.25) is 0 Å². The molecule has 5 nitrogen and oxygen atoms in total. The van der Waals surface area contributed by atoms with Crippen LogP contribution in [0.2, 0.25) is 0 Å². The van der Waals surface area contributed by atoms with Gasteiger partial charge < -0.3 is 10.1 Å². The first kappa shape index (κ1) is 16.9. The molecule has 1 rings (SSSR count). The Kier molecular flexibility index (Phi) is 7.28. The van der Waals surface area contributed by atoms with Crippen LogP contribution in [0.3, 0.4) is 0 Å². The number of nitrogens with one attached hydrogen (secondary N) is 1. The average molecular weight is 292 g/mol. The minimum absolute atomic E-state index is 0.0294. The molecule has 0 spiro atoms. The van der Waals surface area contributed by atoms with Crippen molar-refractivity contribution < 1.29 is 13.2 Å². The van der Waals surface area contributed by atoms with Gasteiger partial charge in [0.15, 0.2) is 0 Å². The Hall–Kier alpha value is -0.170. The maximum Gasteiger partial charge on any atom is 0.214 e. The highest BCUT2D eigenvalue weighted by molar-refractivity contribution is 7.89. The highest BCUT2D eigenvalue weighted by atomic mass is 32.2. The molecule has 6 heteroatoms. The van der Waals surface area contributed by atoms with Gasteiger partial charge in [-0.15, -0.1) is 0 Å².